The molecule has 2 N–H and O–H groups in total. The first-order valence-corrected chi connectivity index (χ1v) is 7.34. The predicted octanol–water partition coefficient (Wildman–Crippen LogP) is -0.0568. The number of nitrogens with one attached hydrogen (secondary N) is 1. The Hall–Kier alpha value is -1.51. The zero-order valence-corrected chi connectivity index (χ0v) is 12.0. The van der Waals surface area contributed by atoms with Gasteiger partial charge in [0.15, 0.2) is 0 Å². The Labute approximate surface area is 117 Å². The molecule has 0 bridgehead atoms. The van der Waals surface area contributed by atoms with Crippen molar-refractivity contribution in [2.24, 2.45) is 0 Å². The third kappa shape index (κ3) is 4.55. The third-order valence-electron chi connectivity index (χ3n) is 2.48. The van der Waals surface area contributed by atoms with Crippen LogP contribution in [0, 0.1) is 5.82 Å². The maximum atomic E-state index is 12.8. The number of aliphatic hydroxyl groups excluding tert-OH is 1. The van der Waals surface area contributed by atoms with Crippen molar-refractivity contribution < 1.29 is 22.7 Å². The van der Waals surface area contributed by atoms with Gasteiger partial charge in [-0.25, -0.2) is 12.8 Å². The monoisotopic (exact) mass is 304 g/mol. The summed E-state index contributed by atoms with van der Waals surface area (Å²) >= 11 is 0. The molecule has 0 heterocycles. The molecule has 1 rings (SSSR count). The van der Waals surface area contributed by atoms with Gasteiger partial charge in [-0.15, -0.1) is 0 Å². The Balaban J connectivity index is 2.72. The number of aliphatic hydroxyl groups is 1. The van der Waals surface area contributed by atoms with E-state index >= 15 is 0 Å². The second-order valence-corrected chi connectivity index (χ2v) is 6.41. The van der Waals surface area contributed by atoms with Gasteiger partial charge in [0.25, 0.3) is 0 Å². The molecule has 20 heavy (non-hydrogen) atoms. The summed E-state index contributed by atoms with van der Waals surface area (Å²) in [7, 11) is -2.60. The van der Waals surface area contributed by atoms with Gasteiger partial charge in [-0.05, 0) is 31.2 Å². The molecule has 0 aliphatic carbocycles. The van der Waals surface area contributed by atoms with Crippen LogP contribution in [-0.2, 0) is 14.8 Å². The number of nitrogens with zero attached hydrogens (tertiary/aromatic N) is 1. The lowest BCUT2D eigenvalue weighted by molar-refractivity contribution is -0.121. The number of benzene rings is 1. The predicted molar refractivity (Wildman–Crippen MR) is 70.9 cm³/mol. The molecule has 1 aromatic rings. The van der Waals surface area contributed by atoms with Gasteiger partial charge in [0.2, 0.25) is 15.9 Å². The maximum Gasteiger partial charge on any atom is 0.243 e. The van der Waals surface area contributed by atoms with Gasteiger partial charge in [-0.2, -0.15) is 4.31 Å². The smallest absolute Gasteiger partial charge is 0.243 e. The quantitative estimate of drug-likeness (QED) is 0.771. The van der Waals surface area contributed by atoms with Crippen molar-refractivity contribution in [3.8, 4) is 0 Å². The first-order valence-electron chi connectivity index (χ1n) is 5.90. The van der Waals surface area contributed by atoms with Crippen molar-refractivity contribution in [2.45, 2.75) is 17.9 Å². The van der Waals surface area contributed by atoms with Crippen molar-refractivity contribution in [1.29, 1.82) is 0 Å². The molecule has 1 amide bonds. The van der Waals surface area contributed by atoms with Crippen LogP contribution in [-0.4, -0.2) is 50.0 Å². The zero-order chi connectivity index (χ0) is 15.3. The fourth-order valence-electron chi connectivity index (χ4n) is 1.39. The van der Waals surface area contributed by atoms with Crippen LogP contribution in [0.4, 0.5) is 4.39 Å². The van der Waals surface area contributed by atoms with Crippen LogP contribution in [0.1, 0.15) is 6.92 Å². The fourth-order valence-corrected chi connectivity index (χ4v) is 2.52. The summed E-state index contributed by atoms with van der Waals surface area (Å²) in [5.41, 5.74) is 0. The standard InChI is InChI=1S/C12H17FN2O4S/c1-9(16)7-14-12(17)8-15(2)20(18,19)11-5-3-10(13)4-6-11/h3-6,9,16H,7-8H2,1-2H3,(H,14,17). The summed E-state index contributed by atoms with van der Waals surface area (Å²) in [5, 5.41) is 11.4. The van der Waals surface area contributed by atoms with Gasteiger partial charge >= 0.3 is 0 Å². The summed E-state index contributed by atoms with van der Waals surface area (Å²) in [6.45, 7) is 1.16. The third-order valence-corrected chi connectivity index (χ3v) is 4.30. The minimum absolute atomic E-state index is 0.0449. The Kier molecular flexibility index (Phi) is 5.61. The molecule has 0 radical (unpaired) electrons. The van der Waals surface area contributed by atoms with E-state index in [1.807, 2.05) is 0 Å². The van der Waals surface area contributed by atoms with E-state index in [0.29, 0.717) is 0 Å². The summed E-state index contributed by atoms with van der Waals surface area (Å²) < 4.78 is 37.8. The number of likely N-dealkylation sites (N-methyl/N-ethyl adjacent to an activating group) is 1. The number of carbonyl (C=O) groups excluding carboxylic acids is 1. The van der Waals surface area contributed by atoms with E-state index in [9.17, 15) is 17.6 Å². The SMILES string of the molecule is CC(O)CNC(=O)CN(C)S(=O)(=O)c1ccc(F)cc1. The minimum atomic E-state index is -3.85. The van der Waals surface area contributed by atoms with Gasteiger partial charge in [-0.1, -0.05) is 0 Å². The van der Waals surface area contributed by atoms with E-state index in [1.165, 1.54) is 14.0 Å². The molecule has 0 saturated heterocycles. The van der Waals surface area contributed by atoms with Crippen LogP contribution in [0.5, 0.6) is 0 Å². The Morgan fingerprint density at radius 1 is 1.40 bits per heavy atom. The lowest BCUT2D eigenvalue weighted by Gasteiger charge is -2.17. The van der Waals surface area contributed by atoms with Gasteiger partial charge in [0.05, 0.1) is 17.5 Å². The lowest BCUT2D eigenvalue weighted by atomic mass is 10.4. The highest BCUT2D eigenvalue weighted by molar-refractivity contribution is 7.89. The zero-order valence-electron chi connectivity index (χ0n) is 11.2. The van der Waals surface area contributed by atoms with Crippen LogP contribution >= 0.6 is 0 Å². The van der Waals surface area contributed by atoms with Gasteiger partial charge in [0.1, 0.15) is 5.82 Å². The normalized spacial score (nSPS) is 13.2. The topological polar surface area (TPSA) is 86.7 Å². The van der Waals surface area contributed by atoms with E-state index in [4.69, 9.17) is 5.11 Å². The van der Waals surface area contributed by atoms with Gasteiger partial charge in [0, 0.05) is 13.6 Å². The van der Waals surface area contributed by atoms with Crippen molar-refractivity contribution in [3.63, 3.8) is 0 Å². The number of halogens is 1. The number of hydrogen-bond acceptors (Lipinski definition) is 4. The molecule has 0 spiro atoms. The first-order chi connectivity index (χ1) is 9.23. The molecule has 8 heteroatoms. The second-order valence-electron chi connectivity index (χ2n) is 4.37. The average Bonchev–Trinajstić information content (AvgIpc) is 2.36. The molecule has 112 valence electrons. The van der Waals surface area contributed by atoms with Crippen LogP contribution < -0.4 is 5.32 Å². The van der Waals surface area contributed by atoms with E-state index in [2.05, 4.69) is 5.32 Å². The van der Waals surface area contributed by atoms with Crippen molar-refractivity contribution in [3.05, 3.63) is 30.1 Å². The van der Waals surface area contributed by atoms with Crippen LogP contribution in [0.25, 0.3) is 0 Å². The van der Waals surface area contributed by atoms with Gasteiger partial charge in [-0.3, -0.25) is 4.79 Å². The first kappa shape index (κ1) is 16.5. The maximum absolute atomic E-state index is 12.8. The molecule has 0 aliphatic rings. The average molecular weight is 304 g/mol. The van der Waals surface area contributed by atoms with Gasteiger partial charge < -0.3 is 10.4 Å². The van der Waals surface area contributed by atoms with E-state index in [1.54, 1.807) is 0 Å². The molecular formula is C12H17FN2O4S. The van der Waals surface area contributed by atoms with Crippen molar-refractivity contribution in [1.82, 2.24) is 9.62 Å². The summed E-state index contributed by atoms with van der Waals surface area (Å²) in [4.78, 5) is 11.4. The van der Waals surface area contributed by atoms with E-state index in [-0.39, 0.29) is 18.0 Å². The summed E-state index contributed by atoms with van der Waals surface area (Å²) in [6, 6.07) is 4.34. The molecular weight excluding hydrogens is 287 g/mol. The Bertz CT molecular complexity index is 557. The fraction of sp³-hybridized carbons (Fsp3) is 0.417. The number of amides is 1. The van der Waals surface area contributed by atoms with E-state index < -0.39 is 27.9 Å². The lowest BCUT2D eigenvalue weighted by Crippen LogP contribution is -2.40. The molecule has 0 saturated carbocycles. The Morgan fingerprint density at radius 3 is 2.45 bits per heavy atom. The molecule has 1 aromatic carbocycles. The molecule has 0 aromatic heterocycles. The van der Waals surface area contributed by atoms with Crippen molar-refractivity contribution in [2.75, 3.05) is 20.1 Å². The molecule has 1 unspecified atom stereocenters. The van der Waals surface area contributed by atoms with Crippen LogP contribution in [0.3, 0.4) is 0 Å². The largest absolute Gasteiger partial charge is 0.392 e. The molecule has 0 fully saturated rings. The van der Waals surface area contributed by atoms with Crippen LogP contribution in [0.2, 0.25) is 0 Å². The van der Waals surface area contributed by atoms with Crippen molar-refractivity contribution >= 4 is 15.9 Å². The Morgan fingerprint density at radius 2 is 1.95 bits per heavy atom. The number of hydrogen-bond donors (Lipinski definition) is 2. The summed E-state index contributed by atoms with van der Waals surface area (Å²) in [5.74, 6) is -1.07. The minimum Gasteiger partial charge on any atom is -0.392 e. The highest BCUT2D eigenvalue weighted by Gasteiger charge is 2.22. The molecule has 0 aliphatic heterocycles. The highest BCUT2D eigenvalue weighted by Crippen LogP contribution is 2.14. The molecule has 6 nitrogen and oxygen atoms in total. The number of carbonyl (C=O) groups is 1. The highest BCUT2D eigenvalue weighted by atomic mass is 32.2. The van der Waals surface area contributed by atoms with Crippen LogP contribution in [0.15, 0.2) is 29.2 Å². The summed E-state index contributed by atoms with van der Waals surface area (Å²) in [6.07, 6.45) is -0.710. The second kappa shape index (κ2) is 6.78. The molecule has 1 atom stereocenters. The number of sulfonamides is 1. The van der Waals surface area contributed by atoms with E-state index in [0.717, 1.165) is 28.6 Å². The number of rotatable bonds is 6.